The molecule has 6 nitrogen and oxygen atoms in total. The van der Waals surface area contributed by atoms with Crippen LogP contribution in [0.4, 0.5) is 15.8 Å². The van der Waals surface area contributed by atoms with Gasteiger partial charge in [0.05, 0.1) is 17.5 Å². The van der Waals surface area contributed by atoms with Crippen LogP contribution in [0.25, 0.3) is 0 Å². The summed E-state index contributed by atoms with van der Waals surface area (Å²) in [6, 6.07) is 19.3. The molecule has 3 heterocycles. The van der Waals surface area contributed by atoms with Gasteiger partial charge in [-0.05, 0) is 106 Å². The number of likely N-dealkylation sites (tertiary alicyclic amines) is 2. The van der Waals surface area contributed by atoms with Crippen LogP contribution in [0.15, 0.2) is 60.7 Å². The van der Waals surface area contributed by atoms with E-state index in [1.54, 1.807) is 24.0 Å². The summed E-state index contributed by atoms with van der Waals surface area (Å²) in [4.78, 5) is 34.8. The Kier molecular flexibility index (Phi) is 9.03. The summed E-state index contributed by atoms with van der Waals surface area (Å²) < 4.78 is 15.1. The summed E-state index contributed by atoms with van der Waals surface area (Å²) >= 11 is 0. The number of piperidine rings is 1. The van der Waals surface area contributed by atoms with Crippen molar-refractivity contribution in [3.05, 3.63) is 94.3 Å². The zero-order valence-electron chi connectivity index (χ0n) is 26.3. The molecule has 6 rings (SSSR count). The Morgan fingerprint density at radius 2 is 1.61 bits per heavy atom. The topological polar surface area (TPSA) is 55.9 Å². The molecule has 0 aliphatic carbocycles. The smallest absolute Gasteiger partial charge is 0.257 e. The lowest BCUT2D eigenvalue weighted by Crippen LogP contribution is -2.46. The van der Waals surface area contributed by atoms with Crippen molar-refractivity contribution in [3.63, 3.8) is 0 Å². The summed E-state index contributed by atoms with van der Waals surface area (Å²) in [6.07, 6.45) is 6.14. The maximum absolute atomic E-state index is 15.1. The Labute approximate surface area is 261 Å². The highest BCUT2D eigenvalue weighted by Crippen LogP contribution is 2.39. The summed E-state index contributed by atoms with van der Waals surface area (Å²) in [6.45, 7) is 10.7. The van der Waals surface area contributed by atoms with E-state index < -0.39 is 17.8 Å². The number of hydrogen-bond donors (Lipinski definition) is 1. The van der Waals surface area contributed by atoms with Crippen LogP contribution < -0.4 is 10.2 Å². The number of aryl methyl sites for hydroxylation is 2. The van der Waals surface area contributed by atoms with E-state index in [0.717, 1.165) is 43.1 Å². The van der Waals surface area contributed by atoms with Gasteiger partial charge in [-0.15, -0.1) is 0 Å². The van der Waals surface area contributed by atoms with Gasteiger partial charge < -0.3 is 15.1 Å². The SMILES string of the molecule is Cc1ccc(NC(=O)[C@H]2CCCN(C(=O)c3c(C)cccc3F)[C@H]2c2ccc(CN3CCCC3C)cc2)cc1N1CCCC1. The number of halogens is 1. The number of carbonyl (C=O) groups excluding carboxylic acids is 2. The van der Waals surface area contributed by atoms with Crippen molar-refractivity contribution in [3.8, 4) is 0 Å². The molecule has 1 unspecified atom stereocenters. The van der Waals surface area contributed by atoms with Gasteiger partial charge in [0.2, 0.25) is 5.91 Å². The molecule has 7 heteroatoms. The number of anilines is 2. The monoisotopic (exact) mass is 596 g/mol. The van der Waals surface area contributed by atoms with Crippen molar-refractivity contribution in [2.45, 2.75) is 77.9 Å². The van der Waals surface area contributed by atoms with E-state index in [2.05, 4.69) is 65.4 Å². The van der Waals surface area contributed by atoms with Gasteiger partial charge in [-0.25, -0.2) is 4.39 Å². The largest absolute Gasteiger partial charge is 0.371 e. The molecular formula is C37H45FN4O2. The third-order valence-electron chi connectivity index (χ3n) is 9.99. The Hall–Kier alpha value is -3.71. The second-order valence-electron chi connectivity index (χ2n) is 13.0. The molecular weight excluding hydrogens is 551 g/mol. The third kappa shape index (κ3) is 6.25. The van der Waals surface area contributed by atoms with Crippen LogP contribution in [0.3, 0.4) is 0 Å². The van der Waals surface area contributed by atoms with E-state index in [1.807, 2.05) is 6.07 Å². The van der Waals surface area contributed by atoms with Crippen LogP contribution >= 0.6 is 0 Å². The zero-order valence-corrected chi connectivity index (χ0v) is 26.3. The van der Waals surface area contributed by atoms with Gasteiger partial charge in [0, 0.05) is 43.6 Å². The first-order valence-corrected chi connectivity index (χ1v) is 16.4. The second-order valence-corrected chi connectivity index (χ2v) is 13.0. The highest BCUT2D eigenvalue weighted by Gasteiger charge is 2.40. The molecule has 3 fully saturated rings. The number of benzene rings is 3. The molecule has 0 radical (unpaired) electrons. The molecule has 3 aliphatic heterocycles. The fraction of sp³-hybridized carbons (Fsp3) is 0.459. The van der Waals surface area contributed by atoms with Gasteiger partial charge in [0.25, 0.3) is 5.91 Å². The molecule has 0 aromatic heterocycles. The van der Waals surface area contributed by atoms with Crippen LogP contribution in [0.2, 0.25) is 0 Å². The maximum atomic E-state index is 15.1. The van der Waals surface area contributed by atoms with Crippen LogP contribution in [-0.2, 0) is 11.3 Å². The zero-order chi connectivity index (χ0) is 30.8. The van der Waals surface area contributed by atoms with E-state index in [0.29, 0.717) is 31.0 Å². The van der Waals surface area contributed by atoms with Gasteiger partial charge in [-0.1, -0.05) is 42.5 Å². The average molecular weight is 597 g/mol. The molecule has 44 heavy (non-hydrogen) atoms. The third-order valence-corrected chi connectivity index (χ3v) is 9.99. The van der Waals surface area contributed by atoms with Gasteiger partial charge >= 0.3 is 0 Å². The molecule has 1 N–H and O–H groups in total. The minimum Gasteiger partial charge on any atom is -0.371 e. The maximum Gasteiger partial charge on any atom is 0.257 e. The van der Waals surface area contributed by atoms with E-state index in [9.17, 15) is 9.59 Å². The quantitative estimate of drug-likeness (QED) is 0.312. The summed E-state index contributed by atoms with van der Waals surface area (Å²) in [7, 11) is 0. The average Bonchev–Trinajstić information content (AvgIpc) is 3.70. The van der Waals surface area contributed by atoms with E-state index in [1.165, 1.54) is 42.9 Å². The molecule has 0 bridgehead atoms. The normalized spacial score (nSPS) is 22.4. The molecule has 0 saturated carbocycles. The lowest BCUT2D eigenvalue weighted by atomic mass is 9.83. The molecule has 3 saturated heterocycles. The van der Waals surface area contributed by atoms with Crippen LogP contribution in [0.1, 0.15) is 84.1 Å². The fourth-order valence-corrected chi connectivity index (χ4v) is 7.46. The predicted octanol–water partition coefficient (Wildman–Crippen LogP) is 7.26. The first kappa shape index (κ1) is 30.3. The van der Waals surface area contributed by atoms with Gasteiger partial charge in [0.15, 0.2) is 0 Å². The second kappa shape index (κ2) is 13.1. The van der Waals surface area contributed by atoms with Crippen LogP contribution in [0.5, 0.6) is 0 Å². The number of carbonyl (C=O) groups is 2. The Balaban J connectivity index is 1.30. The predicted molar refractivity (Wildman–Crippen MR) is 174 cm³/mol. The number of nitrogens with zero attached hydrogens (tertiary/aromatic N) is 3. The Morgan fingerprint density at radius 1 is 0.864 bits per heavy atom. The van der Waals surface area contributed by atoms with E-state index in [-0.39, 0.29) is 17.4 Å². The molecule has 232 valence electrons. The minimum absolute atomic E-state index is 0.0898. The Bertz CT molecular complexity index is 1480. The lowest BCUT2D eigenvalue weighted by Gasteiger charge is -2.41. The van der Waals surface area contributed by atoms with E-state index >= 15 is 4.39 Å². The number of hydrogen-bond acceptors (Lipinski definition) is 4. The minimum atomic E-state index is -0.524. The first-order valence-electron chi connectivity index (χ1n) is 16.4. The van der Waals surface area contributed by atoms with Crippen molar-refractivity contribution >= 4 is 23.2 Å². The summed E-state index contributed by atoms with van der Waals surface area (Å²) in [5.41, 5.74) is 5.95. The first-order chi connectivity index (χ1) is 21.3. The van der Waals surface area contributed by atoms with Crippen molar-refractivity contribution in [2.24, 2.45) is 5.92 Å². The lowest BCUT2D eigenvalue weighted by molar-refractivity contribution is -0.123. The van der Waals surface area contributed by atoms with Crippen molar-refractivity contribution in [1.29, 1.82) is 0 Å². The molecule has 3 aromatic carbocycles. The Morgan fingerprint density at radius 3 is 2.32 bits per heavy atom. The van der Waals surface area contributed by atoms with Crippen molar-refractivity contribution < 1.29 is 14.0 Å². The fourth-order valence-electron chi connectivity index (χ4n) is 7.46. The van der Waals surface area contributed by atoms with Crippen molar-refractivity contribution in [2.75, 3.05) is 36.4 Å². The van der Waals surface area contributed by atoms with Crippen molar-refractivity contribution in [1.82, 2.24) is 9.80 Å². The molecule has 3 atom stereocenters. The number of amides is 2. The molecule has 0 spiro atoms. The standard InChI is InChI=1S/C37H45FN4O2/c1-25-13-18-30(23-33(25)40-19-4-5-20-40)39-36(43)31-11-8-22-42(37(44)34-26(2)9-6-12-32(34)38)35(31)29-16-14-28(15-17-29)24-41-21-7-10-27(41)3/h6,9,12-18,23,27,31,35H,4-5,7-8,10-11,19-22,24H2,1-3H3,(H,39,43)/t27?,31-,35-/m0/s1. The van der Waals surface area contributed by atoms with E-state index in [4.69, 9.17) is 0 Å². The highest BCUT2D eigenvalue weighted by atomic mass is 19.1. The molecule has 3 aromatic rings. The van der Waals surface area contributed by atoms with Gasteiger partial charge in [-0.3, -0.25) is 14.5 Å². The number of rotatable bonds is 7. The summed E-state index contributed by atoms with van der Waals surface area (Å²) in [5, 5.41) is 3.20. The summed E-state index contributed by atoms with van der Waals surface area (Å²) in [5.74, 6) is -1.46. The highest BCUT2D eigenvalue weighted by molar-refractivity contribution is 5.98. The molecule has 2 amide bonds. The van der Waals surface area contributed by atoms with Crippen LogP contribution in [0, 0.1) is 25.6 Å². The molecule has 3 aliphatic rings. The van der Waals surface area contributed by atoms with Gasteiger partial charge in [0.1, 0.15) is 5.82 Å². The van der Waals surface area contributed by atoms with Gasteiger partial charge in [-0.2, -0.15) is 0 Å². The van der Waals surface area contributed by atoms with Crippen LogP contribution in [-0.4, -0.2) is 53.8 Å². The number of nitrogens with one attached hydrogen (secondary N) is 1.